The molecule has 1 aromatic rings. The zero-order valence-electron chi connectivity index (χ0n) is 14.7. The van der Waals surface area contributed by atoms with Crippen molar-refractivity contribution in [3.63, 3.8) is 0 Å². The van der Waals surface area contributed by atoms with E-state index in [4.69, 9.17) is 0 Å². The monoisotopic (exact) mass is 363 g/mol. The molecule has 0 saturated heterocycles. The first-order chi connectivity index (χ1) is 11.9. The van der Waals surface area contributed by atoms with Gasteiger partial charge in [0, 0.05) is 0 Å². The highest BCUT2D eigenvalue weighted by Crippen LogP contribution is 2.36. The highest BCUT2D eigenvalue weighted by atomic mass is 28.2. The van der Waals surface area contributed by atoms with Crippen molar-refractivity contribution < 1.29 is 13.2 Å². The molecule has 1 heterocycles. The number of benzene rings is 1. The minimum atomic E-state index is -4.29. The van der Waals surface area contributed by atoms with Crippen LogP contribution in [0.2, 0.25) is 6.55 Å². The number of dihydropyridines is 1. The van der Waals surface area contributed by atoms with Crippen molar-refractivity contribution in [1.82, 2.24) is 5.32 Å². The Balaban J connectivity index is 1.84. The van der Waals surface area contributed by atoms with Crippen LogP contribution in [-0.2, 0) is 6.18 Å². The fraction of sp³-hybridized carbons (Fsp3) is 0.500. The summed E-state index contributed by atoms with van der Waals surface area (Å²) in [5, 5.41) is 4.73. The summed E-state index contributed by atoms with van der Waals surface area (Å²) in [7, 11) is 0.727. The Morgan fingerprint density at radius 3 is 2.52 bits per heavy atom. The lowest BCUT2D eigenvalue weighted by Crippen LogP contribution is -2.22. The summed E-state index contributed by atoms with van der Waals surface area (Å²) >= 11 is 0. The summed E-state index contributed by atoms with van der Waals surface area (Å²) in [4.78, 5) is 0. The van der Waals surface area contributed by atoms with Gasteiger partial charge in [0.15, 0.2) is 0 Å². The lowest BCUT2D eigenvalue weighted by molar-refractivity contribution is -0.137. The number of alkyl halides is 3. The van der Waals surface area contributed by atoms with Gasteiger partial charge in [0.1, 0.15) is 0 Å². The molecule has 2 radical (unpaired) electrons. The SMILES string of the molecule is C[Si]C1=CNC(c2ccc(C(F)(F)F)cc2C)C=C1CC1CCCC1. The third kappa shape index (κ3) is 4.19. The Hall–Kier alpha value is -1.49. The van der Waals surface area contributed by atoms with Crippen LogP contribution in [0.4, 0.5) is 13.2 Å². The lowest BCUT2D eigenvalue weighted by Gasteiger charge is -2.26. The average Bonchev–Trinajstić information content (AvgIpc) is 3.07. The molecule has 1 aromatic carbocycles. The molecule has 1 unspecified atom stereocenters. The molecular formula is C20H24F3NSi. The highest BCUT2D eigenvalue weighted by molar-refractivity contribution is 6.45. The number of rotatable bonds is 4. The molecular weight excluding hydrogens is 339 g/mol. The minimum absolute atomic E-state index is 0.0428. The van der Waals surface area contributed by atoms with Gasteiger partial charge < -0.3 is 5.32 Å². The quantitative estimate of drug-likeness (QED) is 0.671. The van der Waals surface area contributed by atoms with Crippen molar-refractivity contribution in [2.45, 2.75) is 57.8 Å². The van der Waals surface area contributed by atoms with Gasteiger partial charge >= 0.3 is 6.18 Å². The average molecular weight is 363 g/mol. The first kappa shape index (κ1) is 18.3. The lowest BCUT2D eigenvalue weighted by atomic mass is 9.91. The normalized spacial score (nSPS) is 21.7. The van der Waals surface area contributed by atoms with E-state index in [2.05, 4.69) is 24.1 Å². The maximum atomic E-state index is 12.9. The summed E-state index contributed by atoms with van der Waals surface area (Å²) in [5.74, 6) is 0.762. The predicted octanol–water partition coefficient (Wildman–Crippen LogP) is 5.76. The minimum Gasteiger partial charge on any atom is -0.381 e. The first-order valence-corrected chi connectivity index (χ1v) is 10.4. The molecule has 5 heteroatoms. The zero-order valence-corrected chi connectivity index (χ0v) is 15.7. The van der Waals surface area contributed by atoms with E-state index in [-0.39, 0.29) is 6.04 Å². The van der Waals surface area contributed by atoms with E-state index < -0.39 is 11.7 Å². The van der Waals surface area contributed by atoms with Crippen LogP contribution >= 0.6 is 0 Å². The molecule has 1 aliphatic heterocycles. The van der Waals surface area contributed by atoms with Gasteiger partial charge in [0.05, 0.1) is 21.1 Å². The van der Waals surface area contributed by atoms with E-state index in [1.54, 1.807) is 13.0 Å². The molecule has 0 aromatic heterocycles. The molecule has 1 fully saturated rings. The second-order valence-electron chi connectivity index (χ2n) is 7.07. The van der Waals surface area contributed by atoms with Crippen molar-refractivity contribution in [3.05, 3.63) is 57.9 Å². The van der Waals surface area contributed by atoms with Crippen molar-refractivity contribution >= 4 is 9.52 Å². The molecule has 1 atom stereocenters. The topological polar surface area (TPSA) is 12.0 Å². The molecule has 25 heavy (non-hydrogen) atoms. The van der Waals surface area contributed by atoms with Gasteiger partial charge in [-0.25, -0.2) is 0 Å². The Morgan fingerprint density at radius 1 is 1.20 bits per heavy atom. The van der Waals surface area contributed by atoms with Crippen LogP contribution in [0, 0.1) is 12.8 Å². The molecule has 1 saturated carbocycles. The van der Waals surface area contributed by atoms with Crippen LogP contribution in [0.15, 0.2) is 41.2 Å². The standard InChI is InChI=1S/C20H24F3NSi/c1-13-9-16(20(21,22)23)7-8-17(13)18-11-15(19(25-2)12-24-18)10-14-5-3-4-6-14/h7-9,11-12,14,18,24H,3-6,10H2,1-2H3. The second-order valence-corrected chi connectivity index (χ2v) is 8.11. The molecule has 1 aliphatic carbocycles. The fourth-order valence-electron chi connectivity index (χ4n) is 3.92. The largest absolute Gasteiger partial charge is 0.416 e. The molecule has 0 amide bonds. The molecule has 1 N–H and O–H groups in total. The number of halogens is 3. The molecule has 3 rings (SSSR count). The summed E-state index contributed by atoms with van der Waals surface area (Å²) in [6.45, 7) is 3.94. The molecule has 1 nitrogen and oxygen atoms in total. The molecule has 0 spiro atoms. The van der Waals surface area contributed by atoms with Crippen LogP contribution in [0.1, 0.15) is 54.8 Å². The van der Waals surface area contributed by atoms with Crippen molar-refractivity contribution in [2.24, 2.45) is 5.92 Å². The third-order valence-electron chi connectivity index (χ3n) is 5.31. The van der Waals surface area contributed by atoms with Crippen molar-refractivity contribution in [2.75, 3.05) is 0 Å². The number of hydrogen-bond donors (Lipinski definition) is 1. The van der Waals surface area contributed by atoms with E-state index in [0.29, 0.717) is 5.56 Å². The van der Waals surface area contributed by atoms with Crippen LogP contribution in [0.25, 0.3) is 0 Å². The fourth-order valence-corrected chi connectivity index (χ4v) is 4.66. The Morgan fingerprint density at radius 2 is 1.92 bits per heavy atom. The summed E-state index contributed by atoms with van der Waals surface area (Å²) in [6.07, 6.45) is 6.37. The van der Waals surface area contributed by atoms with E-state index in [1.807, 2.05) is 0 Å². The van der Waals surface area contributed by atoms with Gasteiger partial charge in [-0.2, -0.15) is 13.2 Å². The summed E-state index contributed by atoms with van der Waals surface area (Å²) in [5.41, 5.74) is 2.41. The summed E-state index contributed by atoms with van der Waals surface area (Å²) in [6, 6.07) is 4.02. The zero-order chi connectivity index (χ0) is 18.0. The van der Waals surface area contributed by atoms with Gasteiger partial charge in [0.2, 0.25) is 0 Å². The van der Waals surface area contributed by atoms with Crippen LogP contribution in [-0.4, -0.2) is 9.52 Å². The van der Waals surface area contributed by atoms with E-state index >= 15 is 0 Å². The maximum absolute atomic E-state index is 12.9. The van der Waals surface area contributed by atoms with Gasteiger partial charge in [-0.05, 0) is 59.5 Å². The molecule has 2 aliphatic rings. The van der Waals surface area contributed by atoms with E-state index in [9.17, 15) is 13.2 Å². The van der Waals surface area contributed by atoms with E-state index in [0.717, 1.165) is 27.4 Å². The Kier molecular flexibility index (Phi) is 5.42. The van der Waals surface area contributed by atoms with Gasteiger partial charge in [-0.3, -0.25) is 0 Å². The van der Waals surface area contributed by atoms with Gasteiger partial charge in [-0.15, -0.1) is 0 Å². The van der Waals surface area contributed by atoms with Crippen LogP contribution in [0.3, 0.4) is 0 Å². The van der Waals surface area contributed by atoms with Gasteiger partial charge in [0.25, 0.3) is 0 Å². The number of nitrogens with one attached hydrogen (secondary N) is 1. The second kappa shape index (κ2) is 7.40. The van der Waals surface area contributed by atoms with Gasteiger partial charge in [-0.1, -0.05) is 44.4 Å². The third-order valence-corrected chi connectivity index (χ3v) is 6.31. The molecule has 134 valence electrons. The summed E-state index contributed by atoms with van der Waals surface area (Å²) < 4.78 is 38.7. The Labute approximate surface area is 150 Å². The van der Waals surface area contributed by atoms with Crippen molar-refractivity contribution in [3.8, 4) is 0 Å². The van der Waals surface area contributed by atoms with Crippen molar-refractivity contribution in [1.29, 1.82) is 0 Å². The highest BCUT2D eigenvalue weighted by Gasteiger charge is 2.31. The number of allylic oxidation sites excluding steroid dienone is 2. The van der Waals surface area contributed by atoms with Crippen LogP contribution < -0.4 is 5.32 Å². The Bertz CT molecular complexity index is 685. The first-order valence-electron chi connectivity index (χ1n) is 8.91. The maximum Gasteiger partial charge on any atom is 0.416 e. The van der Waals surface area contributed by atoms with E-state index in [1.165, 1.54) is 48.6 Å². The number of hydrogen-bond acceptors (Lipinski definition) is 1. The van der Waals surface area contributed by atoms with Crippen LogP contribution in [0.5, 0.6) is 0 Å². The predicted molar refractivity (Wildman–Crippen MR) is 96.4 cm³/mol. The smallest absolute Gasteiger partial charge is 0.381 e. The molecule has 0 bridgehead atoms. The number of aryl methyl sites for hydroxylation is 1.